The van der Waals surface area contributed by atoms with Gasteiger partial charge in [-0.3, -0.25) is 0 Å². The van der Waals surface area contributed by atoms with Gasteiger partial charge in [-0.05, 0) is 51.1 Å². The maximum absolute atomic E-state index is 13.1. The molecule has 0 radical (unpaired) electrons. The minimum absolute atomic E-state index is 0.195. The molecular formula is C13H20FNO. The average Bonchev–Trinajstić information content (AvgIpc) is 2.24. The zero-order valence-electron chi connectivity index (χ0n) is 10.4. The van der Waals surface area contributed by atoms with Crippen molar-refractivity contribution in [2.24, 2.45) is 0 Å². The number of halogens is 1. The Bertz CT molecular complexity index is 354. The molecule has 1 N–H and O–H groups in total. The Labute approximate surface area is 96.8 Å². The quantitative estimate of drug-likeness (QED) is 0.832. The number of benzene rings is 1. The first-order chi connectivity index (χ1) is 7.50. The number of ether oxygens (including phenoxy) is 1. The molecule has 0 aliphatic heterocycles. The van der Waals surface area contributed by atoms with Gasteiger partial charge in [0.15, 0.2) is 0 Å². The van der Waals surface area contributed by atoms with Gasteiger partial charge in [-0.2, -0.15) is 0 Å². The number of hydrogen-bond acceptors (Lipinski definition) is 2. The SMILES string of the molecule is CCC(C)(CNC)Oc1ccc(F)c(C)c1. The van der Waals surface area contributed by atoms with Gasteiger partial charge in [0.2, 0.25) is 0 Å². The van der Waals surface area contributed by atoms with Crippen LogP contribution < -0.4 is 10.1 Å². The molecule has 0 aromatic heterocycles. The van der Waals surface area contributed by atoms with E-state index in [1.165, 1.54) is 6.07 Å². The van der Waals surface area contributed by atoms with Crippen molar-refractivity contribution in [3.8, 4) is 5.75 Å². The molecule has 1 rings (SSSR count). The van der Waals surface area contributed by atoms with Crippen molar-refractivity contribution < 1.29 is 9.13 Å². The molecule has 1 aromatic carbocycles. The van der Waals surface area contributed by atoms with Crippen LogP contribution >= 0.6 is 0 Å². The van der Waals surface area contributed by atoms with Crippen LogP contribution in [0.15, 0.2) is 18.2 Å². The lowest BCUT2D eigenvalue weighted by Gasteiger charge is -2.29. The predicted octanol–water partition coefficient (Wildman–Crippen LogP) is 2.90. The predicted molar refractivity (Wildman–Crippen MR) is 64.4 cm³/mol. The molecule has 2 nitrogen and oxygen atoms in total. The van der Waals surface area contributed by atoms with Crippen LogP contribution in [0.5, 0.6) is 5.75 Å². The highest BCUT2D eigenvalue weighted by atomic mass is 19.1. The molecule has 3 heteroatoms. The molecule has 90 valence electrons. The van der Waals surface area contributed by atoms with Crippen molar-refractivity contribution >= 4 is 0 Å². The van der Waals surface area contributed by atoms with Crippen LogP contribution in [0.1, 0.15) is 25.8 Å². The highest BCUT2D eigenvalue weighted by Gasteiger charge is 2.23. The van der Waals surface area contributed by atoms with Crippen LogP contribution in [-0.2, 0) is 0 Å². The van der Waals surface area contributed by atoms with Crippen LogP contribution in [-0.4, -0.2) is 19.2 Å². The van der Waals surface area contributed by atoms with Gasteiger partial charge < -0.3 is 10.1 Å². The molecule has 1 unspecified atom stereocenters. The topological polar surface area (TPSA) is 21.3 Å². The zero-order chi connectivity index (χ0) is 12.2. The van der Waals surface area contributed by atoms with E-state index in [1.807, 2.05) is 14.0 Å². The van der Waals surface area contributed by atoms with E-state index in [2.05, 4.69) is 12.2 Å². The van der Waals surface area contributed by atoms with Crippen LogP contribution in [0.2, 0.25) is 0 Å². The lowest BCUT2D eigenvalue weighted by molar-refractivity contribution is 0.0856. The van der Waals surface area contributed by atoms with Crippen molar-refractivity contribution in [3.05, 3.63) is 29.6 Å². The second kappa shape index (κ2) is 5.30. The minimum Gasteiger partial charge on any atom is -0.486 e. The monoisotopic (exact) mass is 225 g/mol. The molecule has 0 aliphatic carbocycles. The summed E-state index contributed by atoms with van der Waals surface area (Å²) < 4.78 is 19.0. The largest absolute Gasteiger partial charge is 0.486 e. The second-order valence-corrected chi connectivity index (χ2v) is 4.35. The van der Waals surface area contributed by atoms with E-state index in [0.29, 0.717) is 5.56 Å². The Hall–Kier alpha value is -1.09. The molecule has 0 fully saturated rings. The summed E-state index contributed by atoms with van der Waals surface area (Å²) >= 11 is 0. The molecule has 1 atom stereocenters. The van der Waals surface area contributed by atoms with Crippen LogP contribution in [0.3, 0.4) is 0 Å². The molecule has 0 saturated heterocycles. The van der Waals surface area contributed by atoms with Crippen molar-refractivity contribution in [3.63, 3.8) is 0 Å². The summed E-state index contributed by atoms with van der Waals surface area (Å²) in [6, 6.07) is 4.85. The molecule has 0 heterocycles. The van der Waals surface area contributed by atoms with Gasteiger partial charge in [0.05, 0.1) is 0 Å². The van der Waals surface area contributed by atoms with Gasteiger partial charge in [0.1, 0.15) is 17.2 Å². The standard InChI is InChI=1S/C13H20FNO/c1-5-13(3,9-15-4)16-11-6-7-12(14)10(2)8-11/h6-8,15H,5,9H2,1-4H3. The Kier molecular flexibility index (Phi) is 4.30. The summed E-state index contributed by atoms with van der Waals surface area (Å²) in [5, 5.41) is 3.11. The first kappa shape index (κ1) is 13.0. The number of nitrogens with one attached hydrogen (secondary N) is 1. The Morgan fingerprint density at radius 2 is 2.12 bits per heavy atom. The van der Waals surface area contributed by atoms with Gasteiger partial charge >= 0.3 is 0 Å². The fourth-order valence-electron chi connectivity index (χ4n) is 1.57. The molecule has 16 heavy (non-hydrogen) atoms. The van der Waals surface area contributed by atoms with E-state index in [0.717, 1.165) is 18.7 Å². The van der Waals surface area contributed by atoms with Gasteiger partial charge in [0, 0.05) is 6.54 Å². The van der Waals surface area contributed by atoms with Gasteiger partial charge in [-0.1, -0.05) is 6.92 Å². The highest BCUT2D eigenvalue weighted by Crippen LogP contribution is 2.22. The maximum atomic E-state index is 13.1. The molecule has 0 saturated carbocycles. The number of hydrogen-bond donors (Lipinski definition) is 1. The summed E-state index contributed by atoms with van der Waals surface area (Å²) in [4.78, 5) is 0. The minimum atomic E-state index is -0.251. The van der Waals surface area contributed by atoms with Crippen molar-refractivity contribution in [1.29, 1.82) is 0 Å². The zero-order valence-corrected chi connectivity index (χ0v) is 10.4. The Morgan fingerprint density at radius 1 is 1.44 bits per heavy atom. The lowest BCUT2D eigenvalue weighted by Crippen LogP contribution is -2.41. The smallest absolute Gasteiger partial charge is 0.126 e. The van der Waals surface area contributed by atoms with Crippen molar-refractivity contribution in [1.82, 2.24) is 5.32 Å². The number of aryl methyl sites for hydroxylation is 1. The van der Waals surface area contributed by atoms with E-state index in [-0.39, 0.29) is 11.4 Å². The van der Waals surface area contributed by atoms with Crippen LogP contribution in [0.25, 0.3) is 0 Å². The fraction of sp³-hybridized carbons (Fsp3) is 0.538. The summed E-state index contributed by atoms with van der Waals surface area (Å²) in [6.07, 6.45) is 0.893. The van der Waals surface area contributed by atoms with Crippen LogP contribution in [0.4, 0.5) is 4.39 Å². The summed E-state index contributed by atoms with van der Waals surface area (Å²) in [5.41, 5.74) is 0.361. The first-order valence-electron chi connectivity index (χ1n) is 5.60. The highest BCUT2D eigenvalue weighted by molar-refractivity contribution is 5.29. The third-order valence-corrected chi connectivity index (χ3v) is 2.79. The fourth-order valence-corrected chi connectivity index (χ4v) is 1.57. The first-order valence-corrected chi connectivity index (χ1v) is 5.60. The molecule has 0 aliphatic rings. The van der Waals surface area contributed by atoms with E-state index in [4.69, 9.17) is 4.74 Å². The molecule has 0 bridgehead atoms. The lowest BCUT2D eigenvalue weighted by atomic mass is 10.0. The molecule has 1 aromatic rings. The van der Waals surface area contributed by atoms with Crippen molar-refractivity contribution in [2.45, 2.75) is 32.8 Å². The molecule has 0 amide bonds. The Morgan fingerprint density at radius 3 is 2.62 bits per heavy atom. The molecular weight excluding hydrogens is 205 g/mol. The summed E-state index contributed by atoms with van der Waals surface area (Å²) in [7, 11) is 1.90. The second-order valence-electron chi connectivity index (χ2n) is 4.35. The summed E-state index contributed by atoms with van der Waals surface area (Å²) in [5.74, 6) is 0.526. The van der Waals surface area contributed by atoms with Gasteiger partial charge in [-0.25, -0.2) is 4.39 Å². The van der Waals surface area contributed by atoms with Crippen molar-refractivity contribution in [2.75, 3.05) is 13.6 Å². The Balaban J connectivity index is 2.81. The summed E-state index contributed by atoms with van der Waals surface area (Å²) in [6.45, 7) is 6.62. The van der Waals surface area contributed by atoms with E-state index < -0.39 is 0 Å². The normalized spacial score (nSPS) is 14.6. The maximum Gasteiger partial charge on any atom is 0.126 e. The number of likely N-dealkylation sites (N-methyl/N-ethyl adjacent to an activating group) is 1. The average molecular weight is 225 g/mol. The van der Waals surface area contributed by atoms with Gasteiger partial charge in [-0.15, -0.1) is 0 Å². The van der Waals surface area contributed by atoms with Crippen LogP contribution in [0, 0.1) is 12.7 Å². The van der Waals surface area contributed by atoms with E-state index >= 15 is 0 Å². The van der Waals surface area contributed by atoms with E-state index in [9.17, 15) is 4.39 Å². The molecule has 0 spiro atoms. The third-order valence-electron chi connectivity index (χ3n) is 2.79. The third kappa shape index (κ3) is 3.20. The van der Waals surface area contributed by atoms with Gasteiger partial charge in [0.25, 0.3) is 0 Å². The van der Waals surface area contributed by atoms with E-state index in [1.54, 1.807) is 19.1 Å². The number of rotatable bonds is 5.